The largest absolute Gasteiger partial charge is 0.497 e. The van der Waals surface area contributed by atoms with E-state index in [1.54, 1.807) is 43.7 Å². The Morgan fingerprint density at radius 1 is 1.14 bits per heavy atom. The Labute approximate surface area is 266 Å². The number of hydrogen-bond donors (Lipinski definition) is 2. The molecule has 0 fully saturated rings. The molecular formula is C31H41N5O6S2. The van der Waals surface area contributed by atoms with E-state index in [9.17, 15) is 14.4 Å². The topological polar surface area (TPSA) is 134 Å². The molecule has 1 aliphatic rings. The Hall–Kier alpha value is -3.58. The summed E-state index contributed by atoms with van der Waals surface area (Å²) in [7, 11) is 4.82. The van der Waals surface area contributed by atoms with Crippen LogP contribution in [0.1, 0.15) is 78.0 Å². The van der Waals surface area contributed by atoms with Gasteiger partial charge in [-0.3, -0.25) is 9.59 Å². The number of ether oxygens (including phenoxy) is 3. The zero-order valence-electron chi connectivity index (χ0n) is 26.5. The van der Waals surface area contributed by atoms with Crippen LogP contribution in [0.2, 0.25) is 0 Å². The molecule has 2 N–H and O–H groups in total. The molecule has 2 amide bonds. The quantitative estimate of drug-likeness (QED) is 0.212. The van der Waals surface area contributed by atoms with Gasteiger partial charge in [0.25, 0.3) is 5.91 Å². The van der Waals surface area contributed by atoms with Crippen molar-refractivity contribution in [2.45, 2.75) is 70.8 Å². The van der Waals surface area contributed by atoms with E-state index < -0.39 is 11.2 Å². The maximum absolute atomic E-state index is 13.4. The summed E-state index contributed by atoms with van der Waals surface area (Å²) in [4.78, 5) is 40.3. The van der Waals surface area contributed by atoms with Crippen LogP contribution < -0.4 is 20.1 Å². The predicted molar refractivity (Wildman–Crippen MR) is 171 cm³/mol. The van der Waals surface area contributed by atoms with Crippen molar-refractivity contribution in [2.75, 3.05) is 26.1 Å². The molecule has 0 radical (unpaired) electrons. The molecule has 4 rings (SSSR count). The van der Waals surface area contributed by atoms with E-state index in [2.05, 4.69) is 41.6 Å². The number of hydrogen-bond acceptors (Lipinski definition) is 10. The first-order chi connectivity index (χ1) is 20.9. The zero-order valence-corrected chi connectivity index (χ0v) is 28.2. The van der Waals surface area contributed by atoms with Crippen molar-refractivity contribution >= 4 is 45.9 Å². The summed E-state index contributed by atoms with van der Waals surface area (Å²) in [5.74, 6) is 1.05. The molecule has 0 bridgehead atoms. The van der Waals surface area contributed by atoms with Crippen LogP contribution in [0.5, 0.6) is 11.5 Å². The molecule has 2 aromatic heterocycles. The average Bonchev–Trinajstić information content (AvgIpc) is 3.53. The molecule has 0 spiro atoms. The number of methoxy groups -OCH3 is 2. The standard InChI is InChI=1S/C31H41N5O6S2/c1-9-42-29(39)25-22-11-10-19(31(3,4)5)14-23(22)44-28(25)33-26(37)17(2)43-30-35-34-24(36(30)6)16-32-27(38)18-12-20(40-7)15-21(13-18)41-8/h12-13,15,17,19H,9-11,14,16H2,1-8H3,(H,32,38)(H,33,37). The zero-order chi connectivity index (χ0) is 32.2. The third kappa shape index (κ3) is 7.55. The number of carbonyl (C=O) groups excluding carboxylic acids is 3. The molecule has 3 aromatic rings. The van der Waals surface area contributed by atoms with Gasteiger partial charge in [0, 0.05) is 23.6 Å². The highest BCUT2D eigenvalue weighted by Crippen LogP contribution is 2.44. The summed E-state index contributed by atoms with van der Waals surface area (Å²) in [5, 5.41) is 14.8. The van der Waals surface area contributed by atoms with Gasteiger partial charge in [0.2, 0.25) is 5.91 Å². The summed E-state index contributed by atoms with van der Waals surface area (Å²) in [6, 6.07) is 4.93. The minimum Gasteiger partial charge on any atom is -0.497 e. The van der Waals surface area contributed by atoms with Crippen LogP contribution >= 0.6 is 23.1 Å². The maximum atomic E-state index is 13.4. The van der Waals surface area contributed by atoms with Crippen LogP contribution in [0.15, 0.2) is 23.4 Å². The number of rotatable bonds is 11. The number of esters is 1. The lowest BCUT2D eigenvalue weighted by molar-refractivity contribution is -0.115. The third-order valence-electron chi connectivity index (χ3n) is 7.80. The van der Waals surface area contributed by atoms with Crippen molar-refractivity contribution in [1.82, 2.24) is 20.1 Å². The maximum Gasteiger partial charge on any atom is 0.341 e. The number of thioether (sulfide) groups is 1. The van der Waals surface area contributed by atoms with E-state index in [1.807, 2.05) is 0 Å². The summed E-state index contributed by atoms with van der Waals surface area (Å²) >= 11 is 2.72. The number of fused-ring (bicyclic) bond motifs is 1. The summed E-state index contributed by atoms with van der Waals surface area (Å²) in [6.07, 6.45) is 2.65. The Morgan fingerprint density at radius 3 is 2.43 bits per heavy atom. The number of anilines is 1. The normalized spacial score (nSPS) is 15.2. The van der Waals surface area contributed by atoms with Crippen LogP contribution in [-0.4, -0.2) is 58.6 Å². The first-order valence-corrected chi connectivity index (χ1v) is 16.2. The van der Waals surface area contributed by atoms with Gasteiger partial charge in [0.05, 0.1) is 38.2 Å². The van der Waals surface area contributed by atoms with Crippen molar-refractivity contribution in [3.05, 3.63) is 45.6 Å². The van der Waals surface area contributed by atoms with Gasteiger partial charge in [-0.05, 0) is 62.1 Å². The van der Waals surface area contributed by atoms with E-state index in [0.29, 0.717) is 44.5 Å². The van der Waals surface area contributed by atoms with Crippen molar-refractivity contribution in [3.8, 4) is 11.5 Å². The minimum atomic E-state index is -0.541. The predicted octanol–water partition coefficient (Wildman–Crippen LogP) is 5.27. The van der Waals surface area contributed by atoms with Gasteiger partial charge in [-0.1, -0.05) is 32.5 Å². The highest BCUT2D eigenvalue weighted by molar-refractivity contribution is 8.00. The van der Waals surface area contributed by atoms with Crippen molar-refractivity contribution in [1.29, 1.82) is 0 Å². The molecule has 2 atom stereocenters. The molecule has 0 saturated heterocycles. The number of thiophene rings is 1. The highest BCUT2D eigenvalue weighted by Gasteiger charge is 2.35. The second-order valence-electron chi connectivity index (χ2n) is 11.7. The van der Waals surface area contributed by atoms with Gasteiger partial charge >= 0.3 is 5.97 Å². The van der Waals surface area contributed by atoms with Gasteiger partial charge in [-0.25, -0.2) is 4.79 Å². The van der Waals surface area contributed by atoms with Crippen LogP contribution in [0.4, 0.5) is 5.00 Å². The van der Waals surface area contributed by atoms with E-state index in [1.165, 1.54) is 37.3 Å². The molecule has 2 unspecified atom stereocenters. The SMILES string of the molecule is CCOC(=O)c1c(NC(=O)C(C)Sc2nnc(CNC(=O)c3cc(OC)cc(OC)c3)n2C)sc2c1CCC(C(C)(C)C)C2. The van der Waals surface area contributed by atoms with Crippen molar-refractivity contribution in [2.24, 2.45) is 18.4 Å². The lowest BCUT2D eigenvalue weighted by Gasteiger charge is -2.33. The lowest BCUT2D eigenvalue weighted by Crippen LogP contribution is -2.27. The molecule has 0 aliphatic heterocycles. The lowest BCUT2D eigenvalue weighted by atomic mass is 9.72. The molecule has 2 heterocycles. The number of amides is 2. The number of nitrogens with one attached hydrogen (secondary N) is 2. The smallest absolute Gasteiger partial charge is 0.341 e. The minimum absolute atomic E-state index is 0.127. The number of nitrogens with zero attached hydrogens (tertiary/aromatic N) is 3. The molecule has 0 saturated carbocycles. The Morgan fingerprint density at radius 2 is 1.82 bits per heavy atom. The Bertz CT molecular complexity index is 1500. The number of carbonyl (C=O) groups is 3. The number of aromatic nitrogens is 3. The fourth-order valence-corrected chi connectivity index (χ4v) is 7.21. The van der Waals surface area contributed by atoms with Crippen molar-refractivity contribution in [3.63, 3.8) is 0 Å². The molecule has 1 aromatic carbocycles. The van der Waals surface area contributed by atoms with Gasteiger partial charge in [-0.15, -0.1) is 21.5 Å². The molecule has 13 heteroatoms. The first-order valence-electron chi connectivity index (χ1n) is 14.5. The molecular weight excluding hydrogens is 603 g/mol. The molecule has 44 heavy (non-hydrogen) atoms. The van der Waals surface area contributed by atoms with Gasteiger partial charge < -0.3 is 29.4 Å². The molecule has 1 aliphatic carbocycles. The summed E-state index contributed by atoms with van der Waals surface area (Å²) in [6.45, 7) is 10.7. The third-order valence-corrected chi connectivity index (χ3v) is 10.1. The van der Waals surface area contributed by atoms with E-state index >= 15 is 0 Å². The van der Waals surface area contributed by atoms with Crippen LogP contribution in [0.3, 0.4) is 0 Å². The average molecular weight is 644 g/mol. The molecule has 11 nitrogen and oxygen atoms in total. The Balaban J connectivity index is 1.43. The van der Waals surface area contributed by atoms with Crippen LogP contribution in [0, 0.1) is 11.3 Å². The fraction of sp³-hybridized carbons (Fsp3) is 0.516. The van der Waals surface area contributed by atoms with E-state index in [-0.39, 0.29) is 30.4 Å². The van der Waals surface area contributed by atoms with E-state index in [4.69, 9.17) is 14.2 Å². The second kappa shape index (κ2) is 14.0. The van der Waals surface area contributed by atoms with Gasteiger partial charge in [-0.2, -0.15) is 0 Å². The van der Waals surface area contributed by atoms with Crippen molar-refractivity contribution < 1.29 is 28.6 Å². The Kier molecular flexibility index (Phi) is 10.6. The van der Waals surface area contributed by atoms with Gasteiger partial charge in [0.15, 0.2) is 11.0 Å². The summed E-state index contributed by atoms with van der Waals surface area (Å²) < 4.78 is 17.6. The van der Waals surface area contributed by atoms with E-state index in [0.717, 1.165) is 29.7 Å². The first kappa shape index (κ1) is 33.3. The van der Waals surface area contributed by atoms with Crippen LogP contribution in [-0.2, 0) is 36.0 Å². The highest BCUT2D eigenvalue weighted by atomic mass is 32.2. The fourth-order valence-electron chi connectivity index (χ4n) is 5.06. The second-order valence-corrected chi connectivity index (χ2v) is 14.1. The van der Waals surface area contributed by atoms with Crippen LogP contribution in [0.25, 0.3) is 0 Å². The summed E-state index contributed by atoms with van der Waals surface area (Å²) in [5.41, 5.74) is 2.02. The number of benzene rings is 1. The van der Waals surface area contributed by atoms with Gasteiger partial charge in [0.1, 0.15) is 16.5 Å². The monoisotopic (exact) mass is 643 g/mol. The molecule has 238 valence electrons.